The van der Waals surface area contributed by atoms with E-state index in [1.807, 2.05) is 48.5 Å². The number of benzene rings is 3. The van der Waals surface area contributed by atoms with Crippen LogP contribution < -0.4 is 10.6 Å². The van der Waals surface area contributed by atoms with Crippen LogP contribution in [0.3, 0.4) is 0 Å². The number of nitrogens with one attached hydrogen (secondary N) is 2. The van der Waals surface area contributed by atoms with E-state index in [-0.39, 0.29) is 29.8 Å². The van der Waals surface area contributed by atoms with Gasteiger partial charge in [0.15, 0.2) is 0 Å². The fourth-order valence-electron chi connectivity index (χ4n) is 6.10. The molecule has 0 bridgehead atoms. The molecule has 1 aliphatic heterocycles. The van der Waals surface area contributed by atoms with E-state index in [9.17, 15) is 9.59 Å². The van der Waals surface area contributed by atoms with Gasteiger partial charge in [0.1, 0.15) is 6.61 Å². The predicted octanol–water partition coefficient (Wildman–Crippen LogP) is 6.20. The van der Waals surface area contributed by atoms with Gasteiger partial charge in [-0.05, 0) is 85.1 Å². The number of carbonyl (C=O) groups excluding carboxylic acids is 2. The minimum absolute atomic E-state index is 0.0602. The molecule has 2 aliphatic rings. The lowest BCUT2D eigenvalue weighted by molar-refractivity contribution is -0.127. The summed E-state index contributed by atoms with van der Waals surface area (Å²) in [5.41, 5.74) is 6.03. The molecular formula is C33H38ClN3O3. The molecule has 6 nitrogen and oxygen atoms in total. The number of unbranched alkanes of at least 4 members (excludes halogenated alkanes) is 2. The Morgan fingerprint density at radius 1 is 0.875 bits per heavy atom. The average Bonchev–Trinajstić information content (AvgIpc) is 3.29. The van der Waals surface area contributed by atoms with E-state index in [1.165, 1.54) is 27.8 Å². The highest BCUT2D eigenvalue weighted by Crippen LogP contribution is 2.44. The molecule has 1 heterocycles. The number of nitrogens with zero attached hydrogens (tertiary/aromatic N) is 1. The second-order valence-corrected chi connectivity index (χ2v) is 11.4. The SMILES string of the molecule is CN1CC[C@H](c2ccc(Cl)cc2)[C@@H](C(=O)NCCCCCNC(=O)OCC2c3ccccc3-c3ccccc32)C1. The first-order valence-corrected chi connectivity index (χ1v) is 14.7. The Hall–Kier alpha value is -3.35. The number of ether oxygens (including phenoxy) is 1. The standard InChI is InChI=1S/C33H38ClN3O3/c1-37-20-17-25(23-13-15-24(34)16-14-23)30(21-37)32(38)35-18-7-2-8-19-36-33(39)40-22-31-28-11-5-3-9-26(28)27-10-4-6-12-29(27)31/h3-6,9-16,25,30-31H,2,7-8,17-22H2,1H3,(H,35,38)(H,36,39)/t25-,30+/m1/s1. The van der Waals surface area contributed by atoms with Crippen LogP contribution in [0, 0.1) is 5.92 Å². The minimum Gasteiger partial charge on any atom is -0.449 e. The maximum Gasteiger partial charge on any atom is 0.407 e. The van der Waals surface area contributed by atoms with Gasteiger partial charge in [0.2, 0.25) is 5.91 Å². The number of hydrogen-bond acceptors (Lipinski definition) is 4. The van der Waals surface area contributed by atoms with E-state index in [4.69, 9.17) is 16.3 Å². The van der Waals surface area contributed by atoms with Gasteiger partial charge < -0.3 is 20.3 Å². The van der Waals surface area contributed by atoms with E-state index in [1.54, 1.807) is 0 Å². The third-order valence-electron chi connectivity index (χ3n) is 8.22. The maximum absolute atomic E-state index is 13.1. The van der Waals surface area contributed by atoms with Crippen LogP contribution in [0.25, 0.3) is 11.1 Å². The second kappa shape index (κ2) is 13.3. The Morgan fingerprint density at radius 2 is 1.50 bits per heavy atom. The smallest absolute Gasteiger partial charge is 0.407 e. The number of hydrogen-bond donors (Lipinski definition) is 2. The molecule has 0 aromatic heterocycles. The lowest BCUT2D eigenvalue weighted by atomic mass is 9.80. The summed E-state index contributed by atoms with van der Waals surface area (Å²) in [5.74, 6) is 0.304. The van der Waals surface area contributed by atoms with Crippen molar-refractivity contribution in [2.45, 2.75) is 37.5 Å². The number of rotatable bonds is 10. The Bertz CT molecular complexity index is 1270. The quantitative estimate of drug-likeness (QED) is 0.290. The lowest BCUT2D eigenvalue weighted by Gasteiger charge is -2.36. The Balaban J connectivity index is 0.995. The number of likely N-dealkylation sites (tertiary alicyclic amines) is 1. The van der Waals surface area contributed by atoms with Gasteiger partial charge >= 0.3 is 6.09 Å². The van der Waals surface area contributed by atoms with Crippen LogP contribution in [0.1, 0.15) is 54.2 Å². The molecule has 0 unspecified atom stereocenters. The number of alkyl carbamates (subject to hydrolysis) is 1. The van der Waals surface area contributed by atoms with Gasteiger partial charge in [0, 0.05) is 30.6 Å². The number of piperidine rings is 1. The van der Waals surface area contributed by atoms with Gasteiger partial charge in [-0.3, -0.25) is 4.79 Å². The molecule has 1 aliphatic carbocycles. The van der Waals surface area contributed by atoms with Crippen molar-refractivity contribution < 1.29 is 14.3 Å². The van der Waals surface area contributed by atoms with Crippen LogP contribution in [0.4, 0.5) is 4.79 Å². The van der Waals surface area contributed by atoms with E-state index in [0.717, 1.165) is 38.8 Å². The zero-order valence-corrected chi connectivity index (χ0v) is 23.8. The van der Waals surface area contributed by atoms with Crippen molar-refractivity contribution in [3.8, 4) is 11.1 Å². The third-order valence-corrected chi connectivity index (χ3v) is 8.47. The normalized spacial score (nSPS) is 18.6. The van der Waals surface area contributed by atoms with E-state index in [0.29, 0.717) is 24.7 Å². The fraction of sp³-hybridized carbons (Fsp3) is 0.394. The molecule has 1 saturated heterocycles. The minimum atomic E-state index is -0.384. The number of fused-ring (bicyclic) bond motifs is 3. The monoisotopic (exact) mass is 559 g/mol. The summed E-state index contributed by atoms with van der Waals surface area (Å²) in [7, 11) is 2.07. The first kappa shape index (κ1) is 28.2. The summed E-state index contributed by atoms with van der Waals surface area (Å²) in [4.78, 5) is 27.7. The van der Waals surface area contributed by atoms with Gasteiger partial charge in [-0.25, -0.2) is 4.79 Å². The van der Waals surface area contributed by atoms with Crippen LogP contribution >= 0.6 is 11.6 Å². The summed E-state index contributed by atoms with van der Waals surface area (Å²) in [5, 5.41) is 6.74. The fourth-order valence-corrected chi connectivity index (χ4v) is 6.22. The number of carbonyl (C=O) groups is 2. The molecule has 0 spiro atoms. The third kappa shape index (κ3) is 6.68. The first-order valence-electron chi connectivity index (χ1n) is 14.3. The first-order chi connectivity index (χ1) is 19.5. The van der Waals surface area contributed by atoms with Crippen molar-refractivity contribution in [1.82, 2.24) is 15.5 Å². The zero-order chi connectivity index (χ0) is 27.9. The highest BCUT2D eigenvalue weighted by atomic mass is 35.5. The number of amides is 2. The van der Waals surface area contributed by atoms with Crippen molar-refractivity contribution in [1.29, 1.82) is 0 Å². The van der Waals surface area contributed by atoms with Crippen molar-refractivity contribution in [2.75, 3.05) is 39.8 Å². The van der Waals surface area contributed by atoms with Crippen molar-refractivity contribution in [2.24, 2.45) is 5.92 Å². The molecule has 210 valence electrons. The van der Waals surface area contributed by atoms with Crippen molar-refractivity contribution in [3.05, 3.63) is 94.5 Å². The molecule has 7 heteroatoms. The van der Waals surface area contributed by atoms with E-state index in [2.05, 4.69) is 46.8 Å². The Labute approximate surface area is 242 Å². The van der Waals surface area contributed by atoms with Crippen molar-refractivity contribution in [3.63, 3.8) is 0 Å². The average molecular weight is 560 g/mol. The van der Waals surface area contributed by atoms with Crippen LogP contribution in [0.2, 0.25) is 5.02 Å². The van der Waals surface area contributed by atoms with Crippen LogP contribution in [-0.4, -0.2) is 56.7 Å². The van der Waals surface area contributed by atoms with Gasteiger partial charge in [0.25, 0.3) is 0 Å². The zero-order valence-electron chi connectivity index (χ0n) is 23.1. The molecule has 0 radical (unpaired) electrons. The van der Waals surface area contributed by atoms with Crippen LogP contribution in [0.15, 0.2) is 72.8 Å². The molecule has 1 fully saturated rings. The van der Waals surface area contributed by atoms with Gasteiger partial charge in [-0.15, -0.1) is 0 Å². The maximum atomic E-state index is 13.1. The Morgan fingerprint density at radius 3 is 2.17 bits per heavy atom. The van der Waals surface area contributed by atoms with Gasteiger partial charge in [-0.1, -0.05) is 72.3 Å². The molecule has 2 N–H and O–H groups in total. The summed E-state index contributed by atoms with van der Waals surface area (Å²) in [6, 6.07) is 24.5. The molecule has 2 atom stereocenters. The highest BCUT2D eigenvalue weighted by Gasteiger charge is 2.34. The summed E-state index contributed by atoms with van der Waals surface area (Å²) >= 11 is 6.07. The molecular weight excluding hydrogens is 522 g/mol. The summed E-state index contributed by atoms with van der Waals surface area (Å²) in [6.45, 7) is 3.24. The molecule has 2 amide bonds. The van der Waals surface area contributed by atoms with Gasteiger partial charge in [-0.2, -0.15) is 0 Å². The van der Waals surface area contributed by atoms with Crippen LogP contribution in [-0.2, 0) is 9.53 Å². The number of halogens is 1. The van der Waals surface area contributed by atoms with Gasteiger partial charge in [0.05, 0.1) is 5.92 Å². The summed E-state index contributed by atoms with van der Waals surface area (Å²) < 4.78 is 5.61. The molecule has 3 aromatic carbocycles. The molecule has 40 heavy (non-hydrogen) atoms. The highest BCUT2D eigenvalue weighted by molar-refractivity contribution is 6.30. The van der Waals surface area contributed by atoms with E-state index >= 15 is 0 Å². The Kier molecular flexibility index (Phi) is 9.40. The summed E-state index contributed by atoms with van der Waals surface area (Å²) in [6.07, 6.45) is 3.18. The van der Waals surface area contributed by atoms with E-state index < -0.39 is 0 Å². The lowest BCUT2D eigenvalue weighted by Crippen LogP contribution is -2.45. The second-order valence-electron chi connectivity index (χ2n) is 10.9. The largest absolute Gasteiger partial charge is 0.449 e. The molecule has 5 rings (SSSR count). The molecule has 0 saturated carbocycles. The molecule has 3 aromatic rings. The topological polar surface area (TPSA) is 70.7 Å². The van der Waals surface area contributed by atoms with Crippen molar-refractivity contribution >= 4 is 23.6 Å². The predicted molar refractivity (Wildman–Crippen MR) is 160 cm³/mol. The van der Waals surface area contributed by atoms with Crippen LogP contribution in [0.5, 0.6) is 0 Å².